The Kier molecular flexibility index (Phi) is 7.08. The second-order valence-electron chi connectivity index (χ2n) is 9.10. The molecule has 2 aromatic heterocycles. The van der Waals surface area contributed by atoms with E-state index in [2.05, 4.69) is 8.75 Å². The number of hydrogen-bond acceptors (Lipinski definition) is 6. The normalized spacial score (nSPS) is 11.3. The molecule has 0 bridgehead atoms. The summed E-state index contributed by atoms with van der Waals surface area (Å²) in [6.45, 7) is 2.69. The molecule has 0 aliphatic carbocycles. The highest BCUT2D eigenvalue weighted by molar-refractivity contribution is 7.00. The van der Waals surface area contributed by atoms with Crippen LogP contribution < -0.4 is 10.6 Å². The van der Waals surface area contributed by atoms with Crippen molar-refractivity contribution < 1.29 is 19.8 Å². The second kappa shape index (κ2) is 10.6. The zero-order valence-corrected chi connectivity index (χ0v) is 21.6. The Morgan fingerprint density at radius 2 is 1.74 bits per heavy atom. The third-order valence-electron chi connectivity index (χ3n) is 6.65. The van der Waals surface area contributed by atoms with Crippen molar-refractivity contribution in [1.82, 2.24) is 13.3 Å². The predicted octanol–water partition coefficient (Wildman–Crippen LogP) is 5.24. The topological polar surface area (TPSA) is 135 Å². The molecular formula is C28H27N5O4S. The highest BCUT2D eigenvalue weighted by atomic mass is 32.1. The summed E-state index contributed by atoms with van der Waals surface area (Å²) in [5.41, 5.74) is 11.6. The van der Waals surface area contributed by atoms with Gasteiger partial charge in [-0.3, -0.25) is 4.90 Å². The average Bonchev–Trinajstić information content (AvgIpc) is 3.51. The van der Waals surface area contributed by atoms with E-state index in [0.717, 1.165) is 46.7 Å². The number of nitrogens with zero attached hydrogens (tertiary/aromatic N) is 4. The van der Waals surface area contributed by atoms with Gasteiger partial charge in [0, 0.05) is 35.2 Å². The van der Waals surface area contributed by atoms with Gasteiger partial charge in [-0.2, -0.15) is 8.75 Å². The molecule has 3 aromatic carbocycles. The van der Waals surface area contributed by atoms with Crippen LogP contribution in [0.15, 0.2) is 60.7 Å². The Balaban J connectivity index is 1.74. The third-order valence-corrected chi connectivity index (χ3v) is 7.20. The summed E-state index contributed by atoms with van der Waals surface area (Å²) in [4.78, 5) is 26.6. The first kappa shape index (κ1) is 25.4. The molecule has 2 amide bonds. The number of rotatable bonds is 9. The molecule has 4 N–H and O–H groups in total. The van der Waals surface area contributed by atoms with Gasteiger partial charge in [0.05, 0.1) is 18.3 Å². The molecule has 0 spiro atoms. The van der Waals surface area contributed by atoms with E-state index in [4.69, 9.17) is 5.73 Å². The largest absolute Gasteiger partial charge is 0.477 e. The number of aliphatic hydroxyl groups excluding tert-OH is 1. The first-order valence-electron chi connectivity index (χ1n) is 12.3. The van der Waals surface area contributed by atoms with Crippen LogP contribution in [0.2, 0.25) is 0 Å². The molecule has 0 radical (unpaired) electrons. The molecule has 0 fully saturated rings. The van der Waals surface area contributed by atoms with E-state index in [1.165, 1.54) is 4.90 Å². The van der Waals surface area contributed by atoms with Crippen molar-refractivity contribution >= 4 is 51.4 Å². The van der Waals surface area contributed by atoms with Crippen molar-refractivity contribution in [3.05, 3.63) is 77.5 Å². The number of unbranched alkanes of at least 4 members (excludes halogenated alkanes) is 1. The molecule has 5 rings (SSSR count). The van der Waals surface area contributed by atoms with Crippen molar-refractivity contribution in [3.8, 4) is 11.1 Å². The summed E-state index contributed by atoms with van der Waals surface area (Å²) < 4.78 is 10.3. The van der Waals surface area contributed by atoms with Crippen molar-refractivity contribution in [2.24, 2.45) is 5.73 Å². The minimum Gasteiger partial charge on any atom is -0.477 e. The number of carbonyl (C=O) groups is 2. The number of urea groups is 1. The Labute approximate surface area is 223 Å². The maximum atomic E-state index is 12.8. The van der Waals surface area contributed by atoms with Crippen LogP contribution in [-0.4, -0.2) is 42.1 Å². The number of aromatic nitrogens is 3. The average molecular weight is 530 g/mol. The summed E-state index contributed by atoms with van der Waals surface area (Å²) >= 11 is 1.13. The van der Waals surface area contributed by atoms with Crippen LogP contribution in [0.25, 0.3) is 33.1 Å². The predicted molar refractivity (Wildman–Crippen MR) is 149 cm³/mol. The fourth-order valence-corrected chi connectivity index (χ4v) is 5.27. The smallest absolute Gasteiger partial charge is 0.353 e. The van der Waals surface area contributed by atoms with Gasteiger partial charge in [-0.05, 0) is 53.4 Å². The maximum absolute atomic E-state index is 12.8. The number of aromatic carboxylic acids is 1. The highest BCUT2D eigenvalue weighted by Gasteiger charge is 2.25. The number of benzene rings is 3. The minimum absolute atomic E-state index is 0.114. The number of nitrogens with two attached hydrogens (primary N) is 1. The second-order valence-corrected chi connectivity index (χ2v) is 9.63. The molecule has 0 aliphatic heterocycles. The van der Waals surface area contributed by atoms with Crippen LogP contribution in [0.3, 0.4) is 0 Å². The zero-order chi connectivity index (χ0) is 26.8. The lowest BCUT2D eigenvalue weighted by Crippen LogP contribution is -2.36. The van der Waals surface area contributed by atoms with Crippen molar-refractivity contribution in [2.75, 3.05) is 11.4 Å². The van der Waals surface area contributed by atoms with Gasteiger partial charge in [-0.25, -0.2) is 9.59 Å². The van der Waals surface area contributed by atoms with Gasteiger partial charge in [0.25, 0.3) is 0 Å². The van der Waals surface area contributed by atoms with Crippen LogP contribution in [0.4, 0.5) is 10.5 Å². The molecule has 0 saturated carbocycles. The Morgan fingerprint density at radius 1 is 1.00 bits per heavy atom. The molecular weight excluding hydrogens is 502 g/mol. The Bertz CT molecular complexity index is 1640. The number of primary amides is 1. The van der Waals surface area contributed by atoms with Gasteiger partial charge in [0.2, 0.25) is 0 Å². The number of amides is 2. The van der Waals surface area contributed by atoms with E-state index in [-0.39, 0.29) is 12.3 Å². The minimum atomic E-state index is -1.07. The van der Waals surface area contributed by atoms with Crippen molar-refractivity contribution in [1.29, 1.82) is 0 Å². The fourth-order valence-electron chi connectivity index (χ4n) is 4.76. The molecule has 10 heteroatoms. The SMILES string of the molecule is CCCCN(C(N)=O)c1ccc2c(c1)c(-c1ccc(CO)cc1)c(C(=O)O)n2Cc1ccc2nsnc2c1. The van der Waals surface area contributed by atoms with Gasteiger partial charge in [-0.1, -0.05) is 43.7 Å². The van der Waals surface area contributed by atoms with Crippen LogP contribution in [0, 0.1) is 0 Å². The van der Waals surface area contributed by atoms with Gasteiger partial charge < -0.3 is 20.5 Å². The first-order valence-corrected chi connectivity index (χ1v) is 13.0. The summed E-state index contributed by atoms with van der Waals surface area (Å²) in [5, 5.41) is 20.6. The van der Waals surface area contributed by atoms with Crippen LogP contribution in [0.5, 0.6) is 0 Å². The quantitative estimate of drug-likeness (QED) is 0.239. The molecule has 5 aromatic rings. The summed E-state index contributed by atoms with van der Waals surface area (Å²) in [7, 11) is 0. The van der Waals surface area contributed by atoms with Crippen LogP contribution in [-0.2, 0) is 13.2 Å². The molecule has 0 saturated heterocycles. The number of carboxylic acid groups (broad SMARTS) is 1. The molecule has 0 aliphatic rings. The molecule has 0 atom stereocenters. The lowest BCUT2D eigenvalue weighted by Gasteiger charge is -2.20. The molecule has 194 valence electrons. The highest BCUT2D eigenvalue weighted by Crippen LogP contribution is 2.38. The van der Waals surface area contributed by atoms with Gasteiger partial charge in [-0.15, -0.1) is 0 Å². The lowest BCUT2D eigenvalue weighted by molar-refractivity contribution is 0.0687. The fraction of sp³-hybridized carbons (Fsp3) is 0.214. The summed E-state index contributed by atoms with van der Waals surface area (Å²) in [5.74, 6) is -1.07. The van der Waals surface area contributed by atoms with E-state index in [9.17, 15) is 19.8 Å². The number of anilines is 1. The number of fused-ring (bicyclic) bond motifs is 2. The molecule has 2 heterocycles. The summed E-state index contributed by atoms with van der Waals surface area (Å²) in [6, 6.07) is 17.8. The monoisotopic (exact) mass is 529 g/mol. The van der Waals surface area contributed by atoms with E-state index in [1.54, 1.807) is 34.9 Å². The lowest BCUT2D eigenvalue weighted by atomic mass is 10.00. The Morgan fingerprint density at radius 3 is 2.42 bits per heavy atom. The van der Waals surface area contributed by atoms with Gasteiger partial charge in [0.1, 0.15) is 16.7 Å². The number of hydrogen-bond donors (Lipinski definition) is 3. The van der Waals surface area contributed by atoms with Crippen molar-refractivity contribution in [3.63, 3.8) is 0 Å². The van der Waals surface area contributed by atoms with E-state index in [0.29, 0.717) is 40.8 Å². The molecule has 0 unspecified atom stereocenters. The van der Waals surface area contributed by atoms with Gasteiger partial charge >= 0.3 is 12.0 Å². The zero-order valence-electron chi connectivity index (χ0n) is 20.8. The van der Waals surface area contributed by atoms with E-state index >= 15 is 0 Å². The maximum Gasteiger partial charge on any atom is 0.353 e. The van der Waals surface area contributed by atoms with Crippen LogP contribution in [0.1, 0.15) is 41.4 Å². The Hall–Kier alpha value is -4.28. The molecule has 9 nitrogen and oxygen atoms in total. The number of aliphatic hydroxyl groups is 1. The number of carbonyl (C=O) groups excluding carboxylic acids is 1. The van der Waals surface area contributed by atoms with Crippen molar-refractivity contribution in [2.45, 2.75) is 32.9 Å². The molecule has 38 heavy (non-hydrogen) atoms. The number of carboxylic acids is 1. The first-order chi connectivity index (χ1) is 18.4. The third kappa shape index (κ3) is 4.71. The van der Waals surface area contributed by atoms with Crippen LogP contribution >= 0.6 is 11.7 Å². The van der Waals surface area contributed by atoms with Gasteiger partial charge in [0.15, 0.2) is 0 Å². The van der Waals surface area contributed by atoms with E-state index < -0.39 is 12.0 Å². The standard InChI is InChI=1S/C28H27N5O4S/c1-2-3-12-32(28(29)37)20-9-11-24-21(14-20)25(19-7-4-17(16-34)5-8-19)26(27(35)36)33(24)15-18-6-10-22-23(13-18)31-38-30-22/h4-11,13-14,34H,2-3,12,15-16H2,1H3,(H2,29,37)(H,35,36). The summed E-state index contributed by atoms with van der Waals surface area (Å²) in [6.07, 6.45) is 1.68. The van der Waals surface area contributed by atoms with E-state index in [1.807, 2.05) is 37.3 Å².